The molecule has 0 bridgehead atoms. The van der Waals surface area contributed by atoms with Gasteiger partial charge in [0.25, 0.3) is 0 Å². The number of amides is 1. The monoisotopic (exact) mass is 249 g/mol. The van der Waals surface area contributed by atoms with Crippen LogP contribution in [0.1, 0.15) is 12.5 Å². The summed E-state index contributed by atoms with van der Waals surface area (Å²) in [7, 11) is 0. The van der Waals surface area contributed by atoms with Crippen molar-refractivity contribution < 1.29 is 22.4 Å². The van der Waals surface area contributed by atoms with Crippen molar-refractivity contribution in [3.63, 3.8) is 0 Å². The van der Waals surface area contributed by atoms with Gasteiger partial charge >= 0.3 is 6.18 Å². The molecule has 6 heteroatoms. The Morgan fingerprint density at radius 3 is 2.12 bits per heavy atom. The number of nitrogens with one attached hydrogen (secondary N) is 1. The Kier molecular flexibility index (Phi) is 3.75. The maximum absolute atomic E-state index is 14.1. The second-order valence-corrected chi connectivity index (χ2v) is 3.57. The Balaban J connectivity index is 3.07. The lowest BCUT2D eigenvalue weighted by atomic mass is 9.95. The van der Waals surface area contributed by atoms with Gasteiger partial charge in [-0.25, -0.2) is 4.39 Å². The molecule has 1 aromatic rings. The average molecular weight is 249 g/mol. The van der Waals surface area contributed by atoms with Gasteiger partial charge in [-0.15, -0.1) is 0 Å². The zero-order valence-electron chi connectivity index (χ0n) is 9.01. The van der Waals surface area contributed by atoms with Gasteiger partial charge in [0.15, 0.2) is 0 Å². The quantitative estimate of drug-likeness (QED) is 0.819. The number of alkyl halides is 4. The molecular weight excluding hydrogens is 238 g/mol. The van der Waals surface area contributed by atoms with Crippen LogP contribution in [0.3, 0.4) is 0 Å². The van der Waals surface area contributed by atoms with Crippen molar-refractivity contribution in [3.05, 3.63) is 35.9 Å². The lowest BCUT2D eigenvalue weighted by Gasteiger charge is -2.28. The van der Waals surface area contributed by atoms with E-state index in [0.29, 0.717) is 0 Å². The van der Waals surface area contributed by atoms with E-state index in [0.717, 1.165) is 19.1 Å². The lowest BCUT2D eigenvalue weighted by molar-refractivity contribution is -0.233. The zero-order chi connectivity index (χ0) is 13.1. The van der Waals surface area contributed by atoms with Crippen LogP contribution in [0.5, 0.6) is 0 Å². The number of carbonyl (C=O) groups excluding carboxylic acids is 1. The summed E-state index contributed by atoms with van der Waals surface area (Å²) in [5.41, 5.74) is -4.10. The Morgan fingerprint density at radius 1 is 1.18 bits per heavy atom. The highest BCUT2D eigenvalue weighted by Crippen LogP contribution is 2.41. The Bertz CT molecular complexity index is 390. The molecule has 0 aliphatic rings. The van der Waals surface area contributed by atoms with Gasteiger partial charge in [-0.05, 0) is 0 Å². The van der Waals surface area contributed by atoms with E-state index in [1.165, 1.54) is 18.2 Å². The highest BCUT2D eigenvalue weighted by Gasteiger charge is 2.57. The van der Waals surface area contributed by atoms with Crippen LogP contribution >= 0.6 is 0 Å². The molecule has 0 aromatic heterocycles. The summed E-state index contributed by atoms with van der Waals surface area (Å²) in [6.45, 7) is -0.0996. The lowest BCUT2D eigenvalue weighted by Crippen LogP contribution is -2.47. The molecule has 0 aliphatic carbocycles. The summed E-state index contributed by atoms with van der Waals surface area (Å²) < 4.78 is 52.2. The number of hydrogen-bond donors (Lipinski definition) is 1. The molecule has 1 aromatic carbocycles. The van der Waals surface area contributed by atoms with Crippen molar-refractivity contribution in [3.8, 4) is 0 Å². The third kappa shape index (κ3) is 2.95. The number of rotatable bonds is 3. The Labute approximate surface area is 95.6 Å². The first-order valence-corrected chi connectivity index (χ1v) is 4.83. The highest BCUT2D eigenvalue weighted by molar-refractivity contribution is 5.72. The topological polar surface area (TPSA) is 29.1 Å². The third-order valence-corrected chi connectivity index (χ3v) is 2.26. The van der Waals surface area contributed by atoms with Crippen molar-refractivity contribution in [2.24, 2.45) is 0 Å². The van der Waals surface area contributed by atoms with Crippen molar-refractivity contribution in [2.75, 3.05) is 6.54 Å². The van der Waals surface area contributed by atoms with E-state index < -0.39 is 29.9 Å². The van der Waals surface area contributed by atoms with Crippen molar-refractivity contribution in [2.45, 2.75) is 18.8 Å². The fourth-order valence-electron chi connectivity index (χ4n) is 1.31. The molecule has 0 fully saturated rings. The summed E-state index contributed by atoms with van der Waals surface area (Å²) >= 11 is 0. The zero-order valence-corrected chi connectivity index (χ0v) is 9.01. The normalized spacial score (nSPS) is 15.1. The summed E-state index contributed by atoms with van der Waals surface area (Å²) in [5, 5.41) is 1.86. The minimum absolute atomic E-state index is 0.527. The third-order valence-electron chi connectivity index (χ3n) is 2.26. The second kappa shape index (κ2) is 4.73. The molecule has 1 amide bonds. The molecule has 0 aliphatic heterocycles. The van der Waals surface area contributed by atoms with Crippen molar-refractivity contribution in [1.82, 2.24) is 5.32 Å². The Hall–Kier alpha value is -1.59. The standard InChI is InChI=1S/C11H11F4NO/c1-8(17)16-7-10(12,11(13,14)15)9-5-3-2-4-6-9/h2-6H,7H2,1H3,(H,16,17)/t10-/m1/s1. The van der Waals surface area contributed by atoms with Gasteiger partial charge in [0.2, 0.25) is 11.6 Å². The number of benzene rings is 1. The van der Waals surface area contributed by atoms with Crippen LogP contribution in [0.4, 0.5) is 17.6 Å². The maximum atomic E-state index is 14.1. The molecule has 0 spiro atoms. The number of carbonyl (C=O) groups is 1. The first-order valence-electron chi connectivity index (χ1n) is 4.83. The smallest absolute Gasteiger partial charge is 0.352 e. The van der Waals surface area contributed by atoms with Crippen LogP contribution in [-0.4, -0.2) is 18.6 Å². The average Bonchev–Trinajstić information content (AvgIpc) is 2.25. The van der Waals surface area contributed by atoms with Crippen LogP contribution in [0.25, 0.3) is 0 Å². The molecule has 17 heavy (non-hydrogen) atoms. The molecule has 2 nitrogen and oxygen atoms in total. The van der Waals surface area contributed by atoms with Gasteiger partial charge in [-0.2, -0.15) is 13.2 Å². The maximum Gasteiger partial charge on any atom is 0.428 e. The van der Waals surface area contributed by atoms with E-state index in [-0.39, 0.29) is 0 Å². The van der Waals surface area contributed by atoms with E-state index in [4.69, 9.17) is 0 Å². The van der Waals surface area contributed by atoms with Gasteiger partial charge in [0, 0.05) is 12.5 Å². The van der Waals surface area contributed by atoms with Gasteiger partial charge in [0.05, 0.1) is 6.54 Å². The highest BCUT2D eigenvalue weighted by atomic mass is 19.4. The minimum atomic E-state index is -5.09. The molecular formula is C11H11F4NO. The SMILES string of the molecule is CC(=O)NC[C@@](F)(c1ccccc1)C(F)(F)F. The fourth-order valence-corrected chi connectivity index (χ4v) is 1.31. The molecule has 0 saturated carbocycles. The largest absolute Gasteiger partial charge is 0.428 e. The number of halogens is 4. The molecule has 1 atom stereocenters. The van der Waals surface area contributed by atoms with Crippen LogP contribution < -0.4 is 5.32 Å². The first kappa shape index (κ1) is 13.5. The van der Waals surface area contributed by atoms with Gasteiger partial charge in [-0.3, -0.25) is 4.79 Å². The minimum Gasteiger partial charge on any atom is -0.352 e. The van der Waals surface area contributed by atoms with Crippen LogP contribution in [0.15, 0.2) is 30.3 Å². The fraction of sp³-hybridized carbons (Fsp3) is 0.364. The van der Waals surface area contributed by atoms with E-state index in [1.54, 1.807) is 0 Å². The van der Waals surface area contributed by atoms with E-state index >= 15 is 0 Å². The summed E-state index contributed by atoms with van der Waals surface area (Å²) in [4.78, 5) is 10.6. The predicted octanol–water partition coefficient (Wildman–Crippen LogP) is 2.55. The second-order valence-electron chi connectivity index (χ2n) is 3.57. The van der Waals surface area contributed by atoms with Crippen LogP contribution in [0, 0.1) is 0 Å². The molecule has 1 rings (SSSR count). The van der Waals surface area contributed by atoms with E-state index in [2.05, 4.69) is 0 Å². The molecule has 0 unspecified atom stereocenters. The predicted molar refractivity (Wildman–Crippen MR) is 54.0 cm³/mol. The molecule has 94 valence electrons. The van der Waals surface area contributed by atoms with Gasteiger partial charge < -0.3 is 5.32 Å². The Morgan fingerprint density at radius 2 is 1.71 bits per heavy atom. The first-order chi connectivity index (χ1) is 7.77. The van der Waals surface area contributed by atoms with E-state index in [9.17, 15) is 22.4 Å². The van der Waals surface area contributed by atoms with Crippen LogP contribution in [-0.2, 0) is 10.5 Å². The molecule has 0 saturated heterocycles. The van der Waals surface area contributed by atoms with Crippen LogP contribution in [0.2, 0.25) is 0 Å². The summed E-state index contributed by atoms with van der Waals surface area (Å²) in [6, 6.07) is 6.18. The number of hydrogen-bond acceptors (Lipinski definition) is 1. The van der Waals surface area contributed by atoms with Crippen molar-refractivity contribution in [1.29, 1.82) is 0 Å². The summed E-state index contributed by atoms with van der Waals surface area (Å²) in [6.07, 6.45) is -5.09. The molecule has 0 heterocycles. The van der Waals surface area contributed by atoms with E-state index in [1.807, 2.05) is 5.32 Å². The summed E-state index contributed by atoms with van der Waals surface area (Å²) in [5.74, 6) is -0.716. The molecule has 0 radical (unpaired) electrons. The molecule has 1 N–H and O–H groups in total. The van der Waals surface area contributed by atoms with Gasteiger partial charge in [0.1, 0.15) is 0 Å². The van der Waals surface area contributed by atoms with Gasteiger partial charge in [-0.1, -0.05) is 30.3 Å². The van der Waals surface area contributed by atoms with Crippen molar-refractivity contribution >= 4 is 5.91 Å².